The molecule has 1 aliphatic rings. The van der Waals surface area contributed by atoms with Crippen LogP contribution < -0.4 is 10.6 Å². The second kappa shape index (κ2) is 10.7. The fourth-order valence-corrected chi connectivity index (χ4v) is 4.74. The smallest absolute Gasteiger partial charge is 0.321 e. The van der Waals surface area contributed by atoms with E-state index in [4.69, 9.17) is 0 Å². The zero-order valence-corrected chi connectivity index (χ0v) is 18.0. The summed E-state index contributed by atoms with van der Waals surface area (Å²) in [4.78, 5) is 14.4. The van der Waals surface area contributed by atoms with Gasteiger partial charge in [0.15, 0.2) is 0 Å². The van der Waals surface area contributed by atoms with Crippen LogP contribution in [0.25, 0.3) is 0 Å². The van der Waals surface area contributed by atoms with Gasteiger partial charge >= 0.3 is 6.03 Å². The van der Waals surface area contributed by atoms with Crippen LogP contribution in [0.2, 0.25) is 0 Å². The summed E-state index contributed by atoms with van der Waals surface area (Å²) in [6.45, 7) is 1.01. The van der Waals surface area contributed by atoms with Gasteiger partial charge in [-0.15, -0.1) is 10.2 Å². The molecule has 1 aromatic heterocycles. The summed E-state index contributed by atoms with van der Waals surface area (Å²) in [5.74, 6) is 0.343. The number of nitrogens with zero attached hydrogens (tertiary/aromatic N) is 3. The van der Waals surface area contributed by atoms with Crippen molar-refractivity contribution < 1.29 is 9.90 Å². The molecule has 7 nitrogen and oxygen atoms in total. The first-order valence-electron chi connectivity index (χ1n) is 10.3. The summed E-state index contributed by atoms with van der Waals surface area (Å²) < 4.78 is 0. The molecule has 3 N–H and O–H groups in total. The molecule has 0 radical (unpaired) electrons. The summed E-state index contributed by atoms with van der Waals surface area (Å²) in [7, 11) is 3.91. The molecule has 2 aromatic rings. The molecule has 0 saturated heterocycles. The quantitative estimate of drug-likeness (QED) is 0.610. The van der Waals surface area contributed by atoms with Crippen LogP contribution in [0.15, 0.2) is 30.3 Å². The van der Waals surface area contributed by atoms with Crippen molar-refractivity contribution in [2.45, 2.75) is 44.1 Å². The van der Waals surface area contributed by atoms with Gasteiger partial charge in [-0.2, -0.15) is 0 Å². The number of amides is 2. The maximum absolute atomic E-state index is 12.4. The molecule has 2 amide bonds. The molecule has 1 aliphatic carbocycles. The van der Waals surface area contributed by atoms with E-state index in [0.717, 1.165) is 23.4 Å². The summed E-state index contributed by atoms with van der Waals surface area (Å²) in [5, 5.41) is 26.4. The van der Waals surface area contributed by atoms with Crippen LogP contribution in [0.5, 0.6) is 0 Å². The summed E-state index contributed by atoms with van der Waals surface area (Å²) in [6, 6.07) is 9.23. The molecule has 0 aliphatic heterocycles. The lowest BCUT2D eigenvalue weighted by atomic mass is 9.90. The van der Waals surface area contributed by atoms with E-state index in [1.165, 1.54) is 30.6 Å². The number of carbonyl (C=O) groups is 1. The van der Waals surface area contributed by atoms with Crippen molar-refractivity contribution in [1.82, 2.24) is 20.4 Å². The number of aliphatic hydroxyl groups is 1. The lowest BCUT2D eigenvalue weighted by molar-refractivity contribution is 0.0911. The Morgan fingerprint density at radius 3 is 2.62 bits per heavy atom. The van der Waals surface area contributed by atoms with Crippen molar-refractivity contribution in [3.8, 4) is 0 Å². The van der Waals surface area contributed by atoms with E-state index in [1.807, 2.05) is 49.3 Å². The third-order valence-electron chi connectivity index (χ3n) is 5.33. The fraction of sp³-hybridized carbons (Fsp3) is 0.571. The number of benzene rings is 1. The predicted octanol–water partition coefficient (Wildman–Crippen LogP) is 3.62. The largest absolute Gasteiger partial charge is 0.388 e. The molecular weight excluding hydrogens is 386 g/mol. The Kier molecular flexibility index (Phi) is 7.97. The molecule has 0 bridgehead atoms. The van der Waals surface area contributed by atoms with Crippen LogP contribution in [0, 0.1) is 5.92 Å². The molecule has 8 heteroatoms. The van der Waals surface area contributed by atoms with Gasteiger partial charge in [0.1, 0.15) is 5.01 Å². The highest BCUT2D eigenvalue weighted by Crippen LogP contribution is 2.35. The number of urea groups is 1. The molecule has 0 spiro atoms. The first-order chi connectivity index (χ1) is 14.0. The Morgan fingerprint density at radius 1 is 1.21 bits per heavy atom. The lowest BCUT2D eigenvalue weighted by Gasteiger charge is -2.26. The van der Waals surface area contributed by atoms with Crippen molar-refractivity contribution >= 4 is 22.5 Å². The van der Waals surface area contributed by atoms with Gasteiger partial charge in [-0.3, -0.25) is 5.32 Å². The van der Waals surface area contributed by atoms with Gasteiger partial charge in [-0.05, 0) is 32.5 Å². The van der Waals surface area contributed by atoms with Crippen molar-refractivity contribution in [1.29, 1.82) is 0 Å². The average molecular weight is 418 g/mol. The van der Waals surface area contributed by atoms with E-state index in [0.29, 0.717) is 24.1 Å². The molecule has 1 heterocycles. The van der Waals surface area contributed by atoms with Crippen LogP contribution in [-0.4, -0.2) is 53.4 Å². The van der Waals surface area contributed by atoms with Crippen molar-refractivity contribution in [3.05, 3.63) is 40.9 Å². The minimum Gasteiger partial charge on any atom is -0.388 e. The van der Waals surface area contributed by atoms with Crippen LogP contribution in [0.1, 0.15) is 54.7 Å². The minimum atomic E-state index is -0.654. The van der Waals surface area contributed by atoms with E-state index >= 15 is 0 Å². The fourth-order valence-electron chi connectivity index (χ4n) is 3.83. The summed E-state index contributed by atoms with van der Waals surface area (Å²) >= 11 is 1.46. The first-order valence-corrected chi connectivity index (χ1v) is 11.1. The van der Waals surface area contributed by atoms with Crippen molar-refractivity contribution in [2.75, 3.05) is 32.5 Å². The second-order valence-electron chi connectivity index (χ2n) is 7.99. The second-order valence-corrected chi connectivity index (χ2v) is 9.00. The van der Waals surface area contributed by atoms with Gasteiger partial charge in [-0.1, -0.05) is 60.9 Å². The standard InChI is InChI=1S/C21H31N5O2S/c1-26(2)14-17(18(27)15-9-5-3-6-10-15)13-22-20(28)23-21-25-24-19(29-21)16-11-7-4-8-12-16/h3,5-6,9-10,16-18,27H,4,7-8,11-14H2,1-2H3,(H2,22,23,25,28)/t17-,18+/m1/s1. The number of aliphatic hydroxyl groups excluding tert-OH is 1. The number of rotatable bonds is 8. The molecule has 2 atom stereocenters. The SMILES string of the molecule is CN(C)C[C@@H](CNC(=O)Nc1nnc(C2CCCCC2)s1)[C@@H](O)c1ccccc1. The Balaban J connectivity index is 1.53. The van der Waals surface area contributed by atoms with Gasteiger partial charge < -0.3 is 15.3 Å². The third-order valence-corrected chi connectivity index (χ3v) is 6.33. The lowest BCUT2D eigenvalue weighted by Crippen LogP contribution is -2.39. The van der Waals surface area contributed by atoms with Gasteiger partial charge in [-0.25, -0.2) is 4.79 Å². The van der Waals surface area contributed by atoms with Crippen molar-refractivity contribution in [3.63, 3.8) is 0 Å². The minimum absolute atomic E-state index is 0.134. The zero-order valence-electron chi connectivity index (χ0n) is 17.2. The topological polar surface area (TPSA) is 90.4 Å². The average Bonchev–Trinajstić information content (AvgIpc) is 3.20. The zero-order chi connectivity index (χ0) is 20.6. The van der Waals surface area contributed by atoms with Crippen LogP contribution in [0.4, 0.5) is 9.93 Å². The van der Waals surface area contributed by atoms with Gasteiger partial charge in [0, 0.05) is 24.9 Å². The van der Waals surface area contributed by atoms with Gasteiger partial charge in [0.25, 0.3) is 0 Å². The maximum atomic E-state index is 12.4. The Labute approximate surface area is 176 Å². The van der Waals surface area contributed by atoms with E-state index in [9.17, 15) is 9.90 Å². The molecule has 158 valence electrons. The number of hydrogen-bond acceptors (Lipinski definition) is 6. The number of hydrogen-bond donors (Lipinski definition) is 3. The Bertz CT molecular complexity index is 761. The normalized spacial score (nSPS) is 17.1. The molecule has 1 fully saturated rings. The Hall–Kier alpha value is -2.03. The van der Waals surface area contributed by atoms with Gasteiger partial charge in [0.05, 0.1) is 6.10 Å². The number of anilines is 1. The Morgan fingerprint density at radius 2 is 1.93 bits per heavy atom. The van der Waals surface area contributed by atoms with Crippen LogP contribution in [-0.2, 0) is 0 Å². The predicted molar refractivity (Wildman–Crippen MR) is 116 cm³/mol. The van der Waals surface area contributed by atoms with Gasteiger partial charge in [0.2, 0.25) is 5.13 Å². The van der Waals surface area contributed by atoms with E-state index < -0.39 is 6.10 Å². The first kappa shape index (κ1) is 21.7. The van der Waals surface area contributed by atoms with Crippen LogP contribution in [0.3, 0.4) is 0 Å². The molecular formula is C21H31N5O2S. The third kappa shape index (κ3) is 6.48. The highest BCUT2D eigenvalue weighted by atomic mass is 32.1. The number of nitrogens with one attached hydrogen (secondary N) is 2. The highest BCUT2D eigenvalue weighted by molar-refractivity contribution is 7.15. The molecule has 3 rings (SSSR count). The van der Waals surface area contributed by atoms with E-state index in [-0.39, 0.29) is 11.9 Å². The van der Waals surface area contributed by atoms with Crippen LogP contribution >= 0.6 is 11.3 Å². The maximum Gasteiger partial charge on any atom is 0.321 e. The highest BCUT2D eigenvalue weighted by Gasteiger charge is 2.23. The molecule has 1 saturated carbocycles. The summed E-state index contributed by atoms with van der Waals surface area (Å²) in [6.07, 6.45) is 5.44. The van der Waals surface area contributed by atoms with E-state index in [2.05, 4.69) is 20.8 Å². The molecule has 1 aromatic carbocycles. The monoisotopic (exact) mass is 417 g/mol. The van der Waals surface area contributed by atoms with E-state index in [1.54, 1.807) is 0 Å². The molecule has 29 heavy (non-hydrogen) atoms. The molecule has 0 unspecified atom stereocenters. The van der Waals surface area contributed by atoms with Crippen molar-refractivity contribution in [2.24, 2.45) is 5.92 Å². The summed E-state index contributed by atoms with van der Waals surface area (Å²) in [5.41, 5.74) is 0.850. The number of carbonyl (C=O) groups excluding carboxylic acids is 1. The number of aromatic nitrogens is 2.